The molecule has 0 radical (unpaired) electrons. The summed E-state index contributed by atoms with van der Waals surface area (Å²) in [6, 6.07) is -0.0106. The number of hydrogen-bond acceptors (Lipinski definition) is 4. The molecule has 1 aromatic carbocycles. The summed E-state index contributed by atoms with van der Waals surface area (Å²) < 4.78 is 57.4. The number of benzene rings is 1. The molecule has 8 heteroatoms. The zero-order valence-electron chi connectivity index (χ0n) is 12.0. The van der Waals surface area contributed by atoms with Gasteiger partial charge in [0.2, 0.25) is 0 Å². The van der Waals surface area contributed by atoms with Crippen molar-refractivity contribution in [3.05, 3.63) is 40.7 Å². The van der Waals surface area contributed by atoms with Crippen molar-refractivity contribution in [3.63, 3.8) is 0 Å². The number of aliphatic imine (C=N–C) groups is 1. The van der Waals surface area contributed by atoms with Gasteiger partial charge in [-0.2, -0.15) is 0 Å². The number of halogens is 4. The van der Waals surface area contributed by atoms with E-state index in [1.165, 1.54) is 6.92 Å². The predicted molar refractivity (Wildman–Crippen MR) is 74.3 cm³/mol. The lowest BCUT2D eigenvalue weighted by atomic mass is 10.1. The maximum atomic E-state index is 13.7. The molecular weight excluding hydrogens is 318 g/mol. The van der Waals surface area contributed by atoms with E-state index >= 15 is 0 Å². The van der Waals surface area contributed by atoms with E-state index in [0.717, 1.165) is 6.21 Å². The Hall–Kier alpha value is -2.38. The molecule has 0 saturated heterocycles. The van der Waals surface area contributed by atoms with Crippen LogP contribution in [-0.2, 0) is 9.53 Å². The Morgan fingerprint density at radius 1 is 1.35 bits per heavy atom. The van der Waals surface area contributed by atoms with Crippen LogP contribution >= 0.6 is 0 Å². The van der Waals surface area contributed by atoms with E-state index in [0.29, 0.717) is 6.07 Å². The van der Waals surface area contributed by atoms with Gasteiger partial charge < -0.3 is 9.84 Å². The first-order valence-corrected chi connectivity index (χ1v) is 6.77. The van der Waals surface area contributed by atoms with Gasteiger partial charge in [-0.1, -0.05) is 0 Å². The Bertz CT molecular complexity index is 688. The van der Waals surface area contributed by atoms with E-state index < -0.39 is 52.5 Å². The first-order chi connectivity index (χ1) is 10.8. The molecule has 0 aromatic heterocycles. The van der Waals surface area contributed by atoms with Crippen LogP contribution in [0.2, 0.25) is 0 Å². The number of esters is 1. The average Bonchev–Trinajstić information content (AvgIpc) is 3.19. The van der Waals surface area contributed by atoms with Gasteiger partial charge >= 0.3 is 5.97 Å². The van der Waals surface area contributed by atoms with Crippen molar-refractivity contribution in [2.75, 3.05) is 6.61 Å². The zero-order valence-corrected chi connectivity index (χ0v) is 12.0. The van der Waals surface area contributed by atoms with Crippen LogP contribution in [-0.4, -0.2) is 36.1 Å². The maximum absolute atomic E-state index is 13.7. The lowest BCUT2D eigenvalue weighted by Crippen LogP contribution is -2.12. The van der Waals surface area contributed by atoms with Gasteiger partial charge in [-0.05, 0) is 13.0 Å². The van der Waals surface area contributed by atoms with E-state index in [2.05, 4.69) is 9.73 Å². The van der Waals surface area contributed by atoms with Crippen LogP contribution < -0.4 is 0 Å². The summed E-state index contributed by atoms with van der Waals surface area (Å²) in [6.45, 7) is 1.46. The van der Waals surface area contributed by atoms with Crippen molar-refractivity contribution in [2.24, 2.45) is 4.99 Å². The lowest BCUT2D eigenvalue weighted by molar-refractivity contribution is -0.137. The third-order valence-corrected chi connectivity index (χ3v) is 3.09. The number of nitrogens with zero attached hydrogens (tertiary/aromatic N) is 1. The van der Waals surface area contributed by atoms with Gasteiger partial charge in [0, 0.05) is 18.7 Å². The minimum Gasteiger partial charge on any atom is -0.506 e. The van der Waals surface area contributed by atoms with Crippen LogP contribution in [0.1, 0.15) is 18.9 Å². The molecule has 4 nitrogen and oxygen atoms in total. The van der Waals surface area contributed by atoms with E-state index in [1.807, 2.05) is 0 Å². The second-order valence-electron chi connectivity index (χ2n) is 4.83. The second kappa shape index (κ2) is 6.80. The molecular formula is C15H13F4NO3. The quantitative estimate of drug-likeness (QED) is 0.225. The SMILES string of the molecule is CCOC(=O)/C(C=NC1CC1F)=C(/O)c1cc(F)c(F)cc1F. The monoisotopic (exact) mass is 331 g/mol. The van der Waals surface area contributed by atoms with Gasteiger partial charge in [0.05, 0.1) is 18.2 Å². The van der Waals surface area contributed by atoms with Crippen molar-refractivity contribution < 1.29 is 32.2 Å². The van der Waals surface area contributed by atoms with E-state index in [1.54, 1.807) is 0 Å². The van der Waals surface area contributed by atoms with Crippen molar-refractivity contribution in [2.45, 2.75) is 25.6 Å². The zero-order chi connectivity index (χ0) is 17.1. The van der Waals surface area contributed by atoms with Crippen LogP contribution in [0.4, 0.5) is 17.6 Å². The number of rotatable bonds is 5. The highest BCUT2D eigenvalue weighted by Gasteiger charge is 2.37. The third kappa shape index (κ3) is 3.88. The molecule has 1 aliphatic rings. The van der Waals surface area contributed by atoms with Gasteiger partial charge in [-0.3, -0.25) is 4.99 Å². The Balaban J connectivity index is 2.45. The largest absolute Gasteiger partial charge is 0.506 e. The molecule has 1 aromatic rings. The molecule has 2 rings (SSSR count). The molecule has 1 N–H and O–H groups in total. The molecule has 1 aliphatic carbocycles. The number of aliphatic hydroxyl groups excluding tert-OH is 1. The van der Waals surface area contributed by atoms with Gasteiger partial charge in [0.1, 0.15) is 23.3 Å². The van der Waals surface area contributed by atoms with Crippen molar-refractivity contribution in [1.29, 1.82) is 0 Å². The molecule has 0 amide bonds. The number of ether oxygens (including phenoxy) is 1. The first kappa shape index (κ1) is 17.0. The molecule has 0 bridgehead atoms. The van der Waals surface area contributed by atoms with Crippen LogP contribution in [0.25, 0.3) is 5.76 Å². The highest BCUT2D eigenvalue weighted by Crippen LogP contribution is 2.29. The van der Waals surface area contributed by atoms with Crippen molar-refractivity contribution >= 4 is 17.9 Å². The van der Waals surface area contributed by atoms with Crippen LogP contribution in [0.5, 0.6) is 0 Å². The topological polar surface area (TPSA) is 58.9 Å². The predicted octanol–water partition coefficient (Wildman–Crippen LogP) is 3.12. The van der Waals surface area contributed by atoms with Gasteiger partial charge in [-0.15, -0.1) is 0 Å². The molecule has 2 atom stereocenters. The van der Waals surface area contributed by atoms with E-state index in [9.17, 15) is 27.5 Å². The summed E-state index contributed by atoms with van der Waals surface area (Å²) in [6.07, 6.45) is -0.123. The van der Waals surface area contributed by atoms with Crippen LogP contribution in [0.15, 0.2) is 22.7 Å². The summed E-state index contributed by atoms with van der Waals surface area (Å²) in [5.41, 5.74) is -1.30. The Labute approximate surface area is 129 Å². The van der Waals surface area contributed by atoms with Crippen molar-refractivity contribution in [1.82, 2.24) is 0 Å². The average molecular weight is 331 g/mol. The molecule has 23 heavy (non-hydrogen) atoms. The summed E-state index contributed by atoms with van der Waals surface area (Å²) in [5, 5.41) is 10.0. The molecule has 0 heterocycles. The molecule has 0 spiro atoms. The van der Waals surface area contributed by atoms with Gasteiger partial charge in [0.25, 0.3) is 0 Å². The fourth-order valence-corrected chi connectivity index (χ4v) is 1.75. The number of carbonyl (C=O) groups is 1. The first-order valence-electron chi connectivity index (χ1n) is 6.77. The minimum atomic E-state index is -1.44. The number of aliphatic hydroxyl groups is 1. The van der Waals surface area contributed by atoms with E-state index in [-0.39, 0.29) is 19.1 Å². The minimum absolute atomic E-state index is 0.0428. The number of carbonyl (C=O) groups excluding carboxylic acids is 1. The molecule has 2 unspecified atom stereocenters. The molecule has 0 aliphatic heterocycles. The fraction of sp³-hybridized carbons (Fsp3) is 0.333. The Kier molecular flexibility index (Phi) is 5.02. The van der Waals surface area contributed by atoms with Gasteiger partial charge in [-0.25, -0.2) is 22.4 Å². The Morgan fingerprint density at radius 2 is 1.96 bits per heavy atom. The normalized spacial score (nSPS) is 21.3. The number of alkyl halides is 1. The summed E-state index contributed by atoms with van der Waals surface area (Å²) in [4.78, 5) is 15.5. The highest BCUT2D eigenvalue weighted by atomic mass is 19.2. The van der Waals surface area contributed by atoms with Crippen molar-refractivity contribution in [3.8, 4) is 0 Å². The number of hydrogen-bond donors (Lipinski definition) is 1. The second-order valence-corrected chi connectivity index (χ2v) is 4.83. The summed E-state index contributed by atoms with van der Waals surface area (Å²) in [5.74, 6) is -6.14. The van der Waals surface area contributed by atoms with E-state index in [4.69, 9.17) is 0 Å². The maximum Gasteiger partial charge on any atom is 0.343 e. The Morgan fingerprint density at radius 3 is 2.52 bits per heavy atom. The summed E-state index contributed by atoms with van der Waals surface area (Å²) >= 11 is 0. The third-order valence-electron chi connectivity index (χ3n) is 3.09. The lowest BCUT2D eigenvalue weighted by Gasteiger charge is -2.08. The van der Waals surface area contributed by atoms with Crippen LogP contribution in [0, 0.1) is 17.5 Å². The summed E-state index contributed by atoms with van der Waals surface area (Å²) in [7, 11) is 0. The highest BCUT2D eigenvalue weighted by molar-refractivity contribution is 6.15. The van der Waals surface area contributed by atoms with Crippen LogP contribution in [0.3, 0.4) is 0 Å². The molecule has 1 fully saturated rings. The standard InChI is InChI=1S/C15H13F4NO3/c1-2-23-15(22)8(6-20-13-5-12(13)19)14(21)7-3-10(17)11(18)4-9(7)16/h3-4,6,12-13,21H,2,5H2,1H3/b14-8+,20-6?. The molecule has 1 saturated carbocycles. The smallest absolute Gasteiger partial charge is 0.343 e. The molecule has 124 valence electrons. The fourth-order valence-electron chi connectivity index (χ4n) is 1.75. The van der Waals surface area contributed by atoms with Gasteiger partial charge in [0.15, 0.2) is 11.6 Å².